The number of amides is 1. The molecule has 2 rings (SSSR count). The average molecular weight is 279 g/mol. The molecule has 1 amide bonds. The van der Waals surface area contributed by atoms with Gasteiger partial charge in [-0.15, -0.1) is 0 Å². The third-order valence-corrected chi connectivity index (χ3v) is 3.45. The molecule has 1 aliphatic heterocycles. The molecule has 1 aliphatic rings. The number of ether oxygens (including phenoxy) is 2. The summed E-state index contributed by atoms with van der Waals surface area (Å²) >= 11 is 0. The van der Waals surface area contributed by atoms with Crippen LogP contribution in [-0.4, -0.2) is 38.8 Å². The van der Waals surface area contributed by atoms with E-state index >= 15 is 0 Å². The minimum atomic E-state index is 0.0360. The lowest BCUT2D eigenvalue weighted by atomic mass is 10.2. The molecule has 0 aliphatic carbocycles. The van der Waals surface area contributed by atoms with E-state index in [0.29, 0.717) is 19.2 Å². The molecule has 1 heterocycles. The van der Waals surface area contributed by atoms with Crippen LogP contribution in [0, 0.1) is 0 Å². The van der Waals surface area contributed by atoms with Crippen molar-refractivity contribution in [2.45, 2.75) is 25.5 Å². The maximum absolute atomic E-state index is 11.8. The van der Waals surface area contributed by atoms with Crippen LogP contribution < -0.4 is 15.4 Å². The molecule has 1 aromatic carbocycles. The van der Waals surface area contributed by atoms with Crippen molar-refractivity contribution in [3.63, 3.8) is 0 Å². The molecular weight excluding hydrogens is 256 g/mol. The molecule has 5 nitrogen and oxygen atoms in total. The van der Waals surface area contributed by atoms with Gasteiger partial charge in [-0.1, -0.05) is 18.2 Å². The van der Waals surface area contributed by atoms with Gasteiger partial charge in [-0.05, 0) is 18.9 Å². The second kappa shape index (κ2) is 7.87. The van der Waals surface area contributed by atoms with Crippen molar-refractivity contribution >= 4 is 5.91 Å². The summed E-state index contributed by atoms with van der Waals surface area (Å²) in [6.07, 6.45) is 2.56. The molecule has 0 saturated carbocycles. The fraction of sp³-hybridized carbons (Fsp3) is 0.533. The van der Waals surface area contributed by atoms with Gasteiger partial charge in [0, 0.05) is 18.7 Å². The van der Waals surface area contributed by atoms with E-state index in [1.165, 1.54) is 0 Å². The van der Waals surface area contributed by atoms with Crippen LogP contribution in [0.5, 0.6) is 5.75 Å². The molecule has 0 bridgehead atoms. The number of hydrogen-bond acceptors (Lipinski definition) is 3. The highest BCUT2D eigenvalue weighted by Gasteiger charge is 2.17. The van der Waals surface area contributed by atoms with Gasteiger partial charge in [0.25, 0.3) is 5.91 Å². The summed E-state index contributed by atoms with van der Waals surface area (Å²) in [5.74, 6) is 0.838. The summed E-state index contributed by atoms with van der Waals surface area (Å²) < 4.78 is 10.8. The van der Waals surface area contributed by atoms with Crippen LogP contribution in [-0.2, 0) is 16.1 Å². The lowest BCUT2D eigenvalue weighted by Crippen LogP contribution is -2.88. The number of methoxy groups -OCH3 is 1. The zero-order valence-electron chi connectivity index (χ0n) is 11.9. The van der Waals surface area contributed by atoms with Crippen molar-refractivity contribution in [3.05, 3.63) is 29.8 Å². The summed E-state index contributed by atoms with van der Waals surface area (Å²) in [4.78, 5) is 11.8. The number of nitrogens with two attached hydrogens (primary N) is 1. The molecular formula is C15H23N2O3+. The molecule has 110 valence electrons. The molecule has 0 aromatic heterocycles. The molecule has 20 heavy (non-hydrogen) atoms. The summed E-state index contributed by atoms with van der Waals surface area (Å²) in [6.45, 7) is 2.66. The highest BCUT2D eigenvalue weighted by atomic mass is 16.5. The molecule has 0 spiro atoms. The predicted octanol–water partition coefficient (Wildman–Crippen LogP) is 0.0538. The zero-order chi connectivity index (χ0) is 14.2. The number of carbonyl (C=O) groups is 1. The Labute approximate surface area is 119 Å². The lowest BCUT2D eigenvalue weighted by molar-refractivity contribution is -0.650. The van der Waals surface area contributed by atoms with E-state index in [1.807, 2.05) is 29.6 Å². The van der Waals surface area contributed by atoms with Gasteiger partial charge in [0.05, 0.1) is 7.11 Å². The third-order valence-electron chi connectivity index (χ3n) is 3.45. The van der Waals surface area contributed by atoms with E-state index < -0.39 is 0 Å². The Bertz CT molecular complexity index is 431. The van der Waals surface area contributed by atoms with Crippen molar-refractivity contribution in [1.29, 1.82) is 0 Å². The van der Waals surface area contributed by atoms with Crippen molar-refractivity contribution in [2.24, 2.45) is 0 Å². The number of benzene rings is 1. The van der Waals surface area contributed by atoms with E-state index in [4.69, 9.17) is 9.47 Å². The highest BCUT2D eigenvalue weighted by molar-refractivity contribution is 5.76. The van der Waals surface area contributed by atoms with Crippen LogP contribution in [0.2, 0.25) is 0 Å². The normalized spacial score (nSPS) is 17.9. The number of para-hydroxylation sites is 1. The minimum Gasteiger partial charge on any atom is -0.496 e. The number of nitrogens with one attached hydrogen (secondary N) is 1. The van der Waals surface area contributed by atoms with Crippen molar-refractivity contribution in [2.75, 3.05) is 26.8 Å². The van der Waals surface area contributed by atoms with Crippen LogP contribution in [0.25, 0.3) is 0 Å². The Hall–Kier alpha value is -1.59. The molecule has 1 fully saturated rings. The number of rotatable bonds is 7. The smallest absolute Gasteiger partial charge is 0.275 e. The molecule has 1 atom stereocenters. The van der Waals surface area contributed by atoms with Crippen molar-refractivity contribution in [3.8, 4) is 5.75 Å². The SMILES string of the molecule is COc1ccccc1CNC(=O)C[NH2+]C[C@@H]1CCCO1. The first kappa shape index (κ1) is 14.8. The van der Waals surface area contributed by atoms with E-state index in [1.54, 1.807) is 7.11 Å². The Morgan fingerprint density at radius 2 is 2.35 bits per heavy atom. The highest BCUT2D eigenvalue weighted by Crippen LogP contribution is 2.16. The largest absolute Gasteiger partial charge is 0.496 e. The van der Waals surface area contributed by atoms with Gasteiger partial charge >= 0.3 is 0 Å². The first-order chi connectivity index (χ1) is 9.79. The quantitative estimate of drug-likeness (QED) is 0.741. The second-order valence-electron chi connectivity index (χ2n) is 4.95. The minimum absolute atomic E-state index is 0.0360. The van der Waals surface area contributed by atoms with Gasteiger partial charge in [0.2, 0.25) is 0 Å². The van der Waals surface area contributed by atoms with Gasteiger partial charge in [-0.25, -0.2) is 0 Å². The standard InChI is InChI=1S/C15H22N2O3/c1-19-14-7-3-2-5-12(14)9-17-15(18)11-16-10-13-6-4-8-20-13/h2-3,5,7,13,16H,4,6,8-11H2,1H3,(H,17,18)/p+1/t13-/m0/s1. The van der Waals surface area contributed by atoms with Crippen LogP contribution in [0.3, 0.4) is 0 Å². The molecule has 1 aromatic rings. The molecule has 0 radical (unpaired) electrons. The number of carbonyl (C=O) groups excluding carboxylic acids is 1. The van der Waals surface area contributed by atoms with Gasteiger partial charge in [0.1, 0.15) is 18.4 Å². The molecule has 5 heteroatoms. The monoisotopic (exact) mass is 279 g/mol. The average Bonchev–Trinajstić information content (AvgIpc) is 2.98. The first-order valence-electron chi connectivity index (χ1n) is 7.11. The zero-order valence-corrected chi connectivity index (χ0v) is 11.9. The fourth-order valence-corrected chi connectivity index (χ4v) is 2.35. The van der Waals surface area contributed by atoms with Gasteiger partial charge in [-0.2, -0.15) is 0 Å². The van der Waals surface area contributed by atoms with Crippen LogP contribution in [0.15, 0.2) is 24.3 Å². The van der Waals surface area contributed by atoms with Crippen LogP contribution >= 0.6 is 0 Å². The summed E-state index contributed by atoms with van der Waals surface area (Å²) in [5, 5.41) is 4.92. The Morgan fingerprint density at radius 1 is 1.50 bits per heavy atom. The molecule has 3 N–H and O–H groups in total. The first-order valence-corrected chi connectivity index (χ1v) is 7.11. The number of hydrogen-bond donors (Lipinski definition) is 2. The van der Waals surface area contributed by atoms with E-state index in [2.05, 4.69) is 5.32 Å². The van der Waals surface area contributed by atoms with E-state index in [0.717, 1.165) is 37.3 Å². The van der Waals surface area contributed by atoms with E-state index in [-0.39, 0.29) is 5.91 Å². The Morgan fingerprint density at radius 3 is 3.10 bits per heavy atom. The molecule has 0 unspecified atom stereocenters. The summed E-state index contributed by atoms with van der Waals surface area (Å²) in [7, 11) is 1.63. The van der Waals surface area contributed by atoms with Crippen molar-refractivity contribution < 1.29 is 19.6 Å². The van der Waals surface area contributed by atoms with Crippen molar-refractivity contribution in [1.82, 2.24) is 5.32 Å². The lowest BCUT2D eigenvalue weighted by Gasteiger charge is -2.10. The topological polar surface area (TPSA) is 64.2 Å². The maximum atomic E-state index is 11.8. The summed E-state index contributed by atoms with van der Waals surface area (Å²) in [6, 6.07) is 7.70. The third kappa shape index (κ3) is 4.51. The van der Waals surface area contributed by atoms with Crippen LogP contribution in [0.1, 0.15) is 18.4 Å². The summed E-state index contributed by atoms with van der Waals surface area (Å²) in [5.41, 5.74) is 0.988. The van der Waals surface area contributed by atoms with Gasteiger partial charge < -0.3 is 20.1 Å². The maximum Gasteiger partial charge on any atom is 0.275 e. The van der Waals surface area contributed by atoms with Crippen LogP contribution in [0.4, 0.5) is 0 Å². The Kier molecular flexibility index (Phi) is 5.83. The Balaban J connectivity index is 1.66. The number of quaternary nitrogens is 1. The second-order valence-corrected chi connectivity index (χ2v) is 4.95. The fourth-order valence-electron chi connectivity index (χ4n) is 2.35. The van der Waals surface area contributed by atoms with Gasteiger partial charge in [0.15, 0.2) is 6.54 Å². The van der Waals surface area contributed by atoms with E-state index in [9.17, 15) is 4.79 Å². The van der Waals surface area contributed by atoms with Gasteiger partial charge in [-0.3, -0.25) is 4.79 Å². The predicted molar refractivity (Wildman–Crippen MR) is 75.5 cm³/mol. The molecule has 1 saturated heterocycles.